The molecule has 1 aromatic rings. The summed E-state index contributed by atoms with van der Waals surface area (Å²) in [5.41, 5.74) is 0.503. The van der Waals surface area contributed by atoms with Crippen molar-refractivity contribution >= 4 is 33.4 Å². The van der Waals surface area contributed by atoms with Crippen molar-refractivity contribution in [3.8, 4) is 5.75 Å². The van der Waals surface area contributed by atoms with Crippen molar-refractivity contribution in [3.05, 3.63) is 28.8 Å². The Morgan fingerprint density at radius 1 is 1.53 bits per heavy atom. The Bertz CT molecular complexity index is 398. The molecule has 0 spiro atoms. The third-order valence-electron chi connectivity index (χ3n) is 2.42. The number of hydrogen-bond donors (Lipinski definition) is 0. The van der Waals surface area contributed by atoms with Gasteiger partial charge in [-0.3, -0.25) is 4.79 Å². The molecule has 0 aliphatic carbocycles. The van der Waals surface area contributed by atoms with Crippen molar-refractivity contribution in [2.45, 2.75) is 6.92 Å². The van der Waals surface area contributed by atoms with E-state index in [0.717, 1.165) is 5.33 Å². The average Bonchev–Trinajstić information content (AvgIpc) is 2.35. The lowest BCUT2D eigenvalue weighted by atomic mass is 10.1. The molecule has 0 radical (unpaired) electrons. The standard InChI is InChI=1S/C12H15BrClNO2/c1-3-15(7-6-13)12(16)10-8-9(14)4-5-11(10)17-2/h4-5,8H,3,6-7H2,1-2H3. The van der Waals surface area contributed by atoms with Gasteiger partial charge in [-0.15, -0.1) is 0 Å². The van der Waals surface area contributed by atoms with E-state index >= 15 is 0 Å². The Labute approximate surface area is 115 Å². The molecule has 5 heteroatoms. The molecule has 1 amide bonds. The fraction of sp³-hybridized carbons (Fsp3) is 0.417. The smallest absolute Gasteiger partial charge is 0.257 e. The summed E-state index contributed by atoms with van der Waals surface area (Å²) in [6.45, 7) is 3.25. The van der Waals surface area contributed by atoms with Gasteiger partial charge in [-0.05, 0) is 25.1 Å². The summed E-state index contributed by atoms with van der Waals surface area (Å²) in [6.07, 6.45) is 0. The second-order valence-electron chi connectivity index (χ2n) is 3.42. The van der Waals surface area contributed by atoms with E-state index in [-0.39, 0.29) is 5.91 Å². The van der Waals surface area contributed by atoms with Crippen LogP contribution in [0.3, 0.4) is 0 Å². The maximum atomic E-state index is 12.3. The van der Waals surface area contributed by atoms with E-state index in [2.05, 4.69) is 15.9 Å². The number of amides is 1. The number of hydrogen-bond acceptors (Lipinski definition) is 2. The maximum Gasteiger partial charge on any atom is 0.257 e. The third-order valence-corrected chi connectivity index (χ3v) is 3.01. The molecule has 17 heavy (non-hydrogen) atoms. The molecule has 0 heterocycles. The lowest BCUT2D eigenvalue weighted by Crippen LogP contribution is -2.32. The topological polar surface area (TPSA) is 29.5 Å². The van der Waals surface area contributed by atoms with Gasteiger partial charge in [0.25, 0.3) is 5.91 Å². The highest BCUT2D eigenvalue weighted by molar-refractivity contribution is 9.09. The van der Waals surface area contributed by atoms with E-state index in [9.17, 15) is 4.79 Å². The first-order valence-corrected chi connectivity index (χ1v) is 6.82. The van der Waals surface area contributed by atoms with Crippen LogP contribution in [0.1, 0.15) is 17.3 Å². The number of carbonyl (C=O) groups excluding carboxylic acids is 1. The first kappa shape index (κ1) is 14.3. The Hall–Kier alpha value is -0.740. The van der Waals surface area contributed by atoms with E-state index in [1.807, 2.05) is 6.92 Å². The van der Waals surface area contributed by atoms with Crippen LogP contribution < -0.4 is 4.74 Å². The molecule has 0 bridgehead atoms. The largest absolute Gasteiger partial charge is 0.496 e. The van der Waals surface area contributed by atoms with Gasteiger partial charge in [0, 0.05) is 23.4 Å². The number of nitrogens with zero attached hydrogens (tertiary/aromatic N) is 1. The Balaban J connectivity index is 3.04. The highest BCUT2D eigenvalue weighted by Gasteiger charge is 2.18. The molecule has 0 saturated heterocycles. The molecular weight excluding hydrogens is 305 g/mol. The molecule has 0 atom stereocenters. The maximum absolute atomic E-state index is 12.3. The molecular formula is C12H15BrClNO2. The molecule has 1 aromatic carbocycles. The van der Waals surface area contributed by atoms with Gasteiger partial charge in [-0.1, -0.05) is 27.5 Å². The van der Waals surface area contributed by atoms with Crippen LogP contribution in [0.4, 0.5) is 0 Å². The highest BCUT2D eigenvalue weighted by Crippen LogP contribution is 2.24. The van der Waals surface area contributed by atoms with Crippen molar-refractivity contribution < 1.29 is 9.53 Å². The Morgan fingerprint density at radius 3 is 2.76 bits per heavy atom. The predicted octanol–water partition coefficient (Wildman–Crippen LogP) is 3.21. The number of benzene rings is 1. The molecule has 0 N–H and O–H groups in total. The third kappa shape index (κ3) is 3.61. The van der Waals surface area contributed by atoms with Crippen LogP contribution in [0.15, 0.2) is 18.2 Å². The van der Waals surface area contributed by atoms with E-state index in [1.165, 1.54) is 0 Å². The average molecular weight is 321 g/mol. The van der Waals surface area contributed by atoms with E-state index in [1.54, 1.807) is 30.2 Å². The summed E-state index contributed by atoms with van der Waals surface area (Å²) in [5.74, 6) is 0.485. The van der Waals surface area contributed by atoms with Crippen LogP contribution >= 0.6 is 27.5 Å². The zero-order chi connectivity index (χ0) is 12.8. The summed E-state index contributed by atoms with van der Waals surface area (Å²) in [4.78, 5) is 14.0. The van der Waals surface area contributed by atoms with Gasteiger partial charge >= 0.3 is 0 Å². The minimum atomic E-state index is -0.0636. The van der Waals surface area contributed by atoms with Gasteiger partial charge in [0.15, 0.2) is 0 Å². The lowest BCUT2D eigenvalue weighted by Gasteiger charge is -2.21. The first-order valence-electron chi connectivity index (χ1n) is 5.32. The number of carbonyl (C=O) groups is 1. The van der Waals surface area contributed by atoms with Crippen LogP contribution in [0.2, 0.25) is 5.02 Å². The summed E-state index contributed by atoms with van der Waals surface area (Å²) in [6, 6.07) is 5.05. The van der Waals surface area contributed by atoms with Crippen molar-refractivity contribution in [2.24, 2.45) is 0 Å². The van der Waals surface area contributed by atoms with Gasteiger partial charge < -0.3 is 9.64 Å². The molecule has 1 rings (SSSR count). The van der Waals surface area contributed by atoms with Crippen LogP contribution in [-0.4, -0.2) is 36.3 Å². The monoisotopic (exact) mass is 319 g/mol. The fourth-order valence-corrected chi connectivity index (χ4v) is 2.12. The van der Waals surface area contributed by atoms with Crippen molar-refractivity contribution in [3.63, 3.8) is 0 Å². The number of halogens is 2. The summed E-state index contributed by atoms with van der Waals surface area (Å²) in [5, 5.41) is 1.28. The van der Waals surface area contributed by atoms with Gasteiger partial charge in [0.2, 0.25) is 0 Å². The fourth-order valence-electron chi connectivity index (χ4n) is 1.52. The summed E-state index contributed by atoms with van der Waals surface area (Å²) < 4.78 is 5.18. The number of rotatable bonds is 5. The van der Waals surface area contributed by atoms with Crippen LogP contribution in [0.25, 0.3) is 0 Å². The second kappa shape index (κ2) is 6.87. The molecule has 0 aromatic heterocycles. The lowest BCUT2D eigenvalue weighted by molar-refractivity contribution is 0.0771. The van der Waals surface area contributed by atoms with E-state index < -0.39 is 0 Å². The van der Waals surface area contributed by atoms with Crippen molar-refractivity contribution in [2.75, 3.05) is 25.5 Å². The van der Waals surface area contributed by atoms with Crippen LogP contribution in [0, 0.1) is 0 Å². The molecule has 0 fully saturated rings. The Morgan fingerprint density at radius 2 is 2.24 bits per heavy atom. The molecule has 3 nitrogen and oxygen atoms in total. The number of methoxy groups -OCH3 is 1. The summed E-state index contributed by atoms with van der Waals surface area (Å²) in [7, 11) is 1.54. The molecule has 0 saturated carbocycles. The van der Waals surface area contributed by atoms with Gasteiger partial charge in [-0.25, -0.2) is 0 Å². The first-order chi connectivity index (χ1) is 8.13. The van der Waals surface area contributed by atoms with Crippen LogP contribution in [0.5, 0.6) is 5.75 Å². The Kier molecular flexibility index (Phi) is 5.78. The van der Waals surface area contributed by atoms with Gasteiger partial charge in [0.05, 0.1) is 12.7 Å². The van der Waals surface area contributed by atoms with Gasteiger partial charge in [0.1, 0.15) is 5.75 Å². The second-order valence-corrected chi connectivity index (χ2v) is 4.65. The zero-order valence-corrected chi connectivity index (χ0v) is 12.2. The summed E-state index contributed by atoms with van der Waals surface area (Å²) >= 11 is 9.24. The zero-order valence-electron chi connectivity index (χ0n) is 9.87. The minimum absolute atomic E-state index is 0.0636. The normalized spacial score (nSPS) is 10.1. The number of ether oxygens (including phenoxy) is 1. The molecule has 94 valence electrons. The minimum Gasteiger partial charge on any atom is -0.496 e. The van der Waals surface area contributed by atoms with E-state index in [0.29, 0.717) is 29.4 Å². The van der Waals surface area contributed by atoms with E-state index in [4.69, 9.17) is 16.3 Å². The van der Waals surface area contributed by atoms with Crippen molar-refractivity contribution in [1.29, 1.82) is 0 Å². The van der Waals surface area contributed by atoms with Gasteiger partial charge in [-0.2, -0.15) is 0 Å². The molecule has 0 aliphatic heterocycles. The van der Waals surface area contributed by atoms with Crippen molar-refractivity contribution in [1.82, 2.24) is 4.90 Å². The molecule has 0 unspecified atom stereocenters. The number of alkyl halides is 1. The predicted molar refractivity (Wildman–Crippen MR) is 73.4 cm³/mol. The SMILES string of the molecule is CCN(CCBr)C(=O)c1cc(Cl)ccc1OC. The highest BCUT2D eigenvalue weighted by atomic mass is 79.9. The van der Waals surface area contributed by atoms with Crippen LogP contribution in [-0.2, 0) is 0 Å². The quantitative estimate of drug-likeness (QED) is 0.780. The molecule has 0 aliphatic rings.